The summed E-state index contributed by atoms with van der Waals surface area (Å²) >= 11 is 0. The SMILES string of the molecule is CCOCC(C)(N)c1ccc(C)cc1C. The Morgan fingerprint density at radius 3 is 2.53 bits per heavy atom. The summed E-state index contributed by atoms with van der Waals surface area (Å²) in [6.07, 6.45) is 0. The van der Waals surface area contributed by atoms with Crippen molar-refractivity contribution >= 4 is 0 Å². The molecule has 0 aromatic heterocycles. The fraction of sp³-hybridized carbons (Fsp3) is 0.538. The standard InChI is InChI=1S/C13H21NO/c1-5-15-9-13(4,14)12-7-6-10(2)8-11(12)3/h6-8H,5,9,14H2,1-4H3. The lowest BCUT2D eigenvalue weighted by atomic mass is 9.89. The van der Waals surface area contributed by atoms with E-state index < -0.39 is 5.54 Å². The zero-order valence-corrected chi connectivity index (χ0v) is 10.1. The zero-order chi connectivity index (χ0) is 11.5. The molecule has 2 N–H and O–H groups in total. The highest BCUT2D eigenvalue weighted by atomic mass is 16.5. The summed E-state index contributed by atoms with van der Waals surface area (Å²) < 4.78 is 5.41. The van der Waals surface area contributed by atoms with Crippen molar-refractivity contribution in [2.45, 2.75) is 33.2 Å². The summed E-state index contributed by atoms with van der Waals surface area (Å²) in [6.45, 7) is 9.45. The highest BCUT2D eigenvalue weighted by molar-refractivity contribution is 5.35. The molecule has 0 aliphatic rings. The summed E-state index contributed by atoms with van der Waals surface area (Å²) in [6, 6.07) is 6.36. The molecule has 1 unspecified atom stereocenters. The molecule has 0 aliphatic carbocycles. The van der Waals surface area contributed by atoms with Gasteiger partial charge in [-0.15, -0.1) is 0 Å². The van der Waals surface area contributed by atoms with E-state index in [1.54, 1.807) is 0 Å². The van der Waals surface area contributed by atoms with Crippen molar-refractivity contribution in [1.82, 2.24) is 0 Å². The van der Waals surface area contributed by atoms with Crippen molar-refractivity contribution in [3.05, 3.63) is 34.9 Å². The first kappa shape index (κ1) is 12.2. The second-order valence-corrected chi connectivity index (χ2v) is 4.37. The van der Waals surface area contributed by atoms with Crippen LogP contribution in [0, 0.1) is 13.8 Å². The quantitative estimate of drug-likeness (QED) is 0.823. The third kappa shape index (κ3) is 3.05. The van der Waals surface area contributed by atoms with Crippen molar-refractivity contribution < 1.29 is 4.74 Å². The van der Waals surface area contributed by atoms with E-state index in [0.717, 1.165) is 0 Å². The van der Waals surface area contributed by atoms with Gasteiger partial charge < -0.3 is 10.5 Å². The van der Waals surface area contributed by atoms with Gasteiger partial charge in [0.15, 0.2) is 0 Å². The molecule has 2 heteroatoms. The maximum Gasteiger partial charge on any atom is 0.0685 e. The van der Waals surface area contributed by atoms with Crippen LogP contribution in [0.5, 0.6) is 0 Å². The lowest BCUT2D eigenvalue weighted by Crippen LogP contribution is -2.38. The van der Waals surface area contributed by atoms with E-state index in [-0.39, 0.29) is 0 Å². The third-order valence-electron chi connectivity index (χ3n) is 2.60. The van der Waals surface area contributed by atoms with Gasteiger partial charge in [0.1, 0.15) is 0 Å². The van der Waals surface area contributed by atoms with Crippen LogP contribution in [0.25, 0.3) is 0 Å². The number of aryl methyl sites for hydroxylation is 2. The monoisotopic (exact) mass is 207 g/mol. The molecule has 0 saturated carbocycles. The van der Waals surface area contributed by atoms with E-state index in [0.29, 0.717) is 13.2 Å². The smallest absolute Gasteiger partial charge is 0.0685 e. The van der Waals surface area contributed by atoms with Gasteiger partial charge >= 0.3 is 0 Å². The van der Waals surface area contributed by atoms with Crippen molar-refractivity contribution in [3.63, 3.8) is 0 Å². The van der Waals surface area contributed by atoms with Crippen LogP contribution in [-0.4, -0.2) is 13.2 Å². The largest absolute Gasteiger partial charge is 0.379 e. The Hall–Kier alpha value is -0.860. The molecule has 0 heterocycles. The Labute approximate surface area is 92.4 Å². The third-order valence-corrected chi connectivity index (χ3v) is 2.60. The topological polar surface area (TPSA) is 35.2 Å². The van der Waals surface area contributed by atoms with Crippen molar-refractivity contribution in [2.75, 3.05) is 13.2 Å². The van der Waals surface area contributed by atoms with Crippen LogP contribution >= 0.6 is 0 Å². The first-order valence-corrected chi connectivity index (χ1v) is 5.41. The van der Waals surface area contributed by atoms with E-state index >= 15 is 0 Å². The highest BCUT2D eigenvalue weighted by Crippen LogP contribution is 2.22. The minimum absolute atomic E-state index is 0.395. The van der Waals surface area contributed by atoms with Crippen LogP contribution in [0.2, 0.25) is 0 Å². The molecule has 1 atom stereocenters. The number of hydrogen-bond acceptors (Lipinski definition) is 2. The molecule has 84 valence electrons. The maximum absolute atomic E-state index is 6.25. The van der Waals surface area contributed by atoms with Gasteiger partial charge in [0.25, 0.3) is 0 Å². The Balaban J connectivity index is 2.93. The summed E-state index contributed by atoms with van der Waals surface area (Å²) in [5.41, 5.74) is 9.53. The first-order valence-electron chi connectivity index (χ1n) is 5.41. The molecule has 0 aliphatic heterocycles. The van der Waals surface area contributed by atoms with E-state index in [2.05, 4.69) is 32.0 Å². The van der Waals surface area contributed by atoms with E-state index in [9.17, 15) is 0 Å². The van der Waals surface area contributed by atoms with Crippen LogP contribution in [0.3, 0.4) is 0 Å². The molecule has 1 aromatic rings. The summed E-state index contributed by atoms with van der Waals surface area (Å²) in [4.78, 5) is 0. The molecule has 15 heavy (non-hydrogen) atoms. The minimum Gasteiger partial charge on any atom is -0.379 e. The van der Waals surface area contributed by atoms with E-state index in [1.165, 1.54) is 16.7 Å². The second-order valence-electron chi connectivity index (χ2n) is 4.37. The van der Waals surface area contributed by atoms with Gasteiger partial charge in [-0.05, 0) is 38.8 Å². The zero-order valence-electron chi connectivity index (χ0n) is 10.1. The lowest BCUT2D eigenvalue weighted by Gasteiger charge is -2.26. The molecule has 1 aromatic carbocycles. The van der Waals surface area contributed by atoms with Crippen LogP contribution in [0.15, 0.2) is 18.2 Å². The van der Waals surface area contributed by atoms with Crippen LogP contribution in [0.4, 0.5) is 0 Å². The molecule has 0 amide bonds. The summed E-state index contributed by atoms with van der Waals surface area (Å²) in [5, 5.41) is 0. The molecule has 0 bridgehead atoms. The Morgan fingerprint density at radius 1 is 1.33 bits per heavy atom. The van der Waals surface area contributed by atoms with Gasteiger partial charge in [0, 0.05) is 6.61 Å². The Kier molecular flexibility index (Phi) is 3.89. The molecule has 2 nitrogen and oxygen atoms in total. The number of ether oxygens (including phenoxy) is 1. The Bertz CT molecular complexity index is 331. The van der Waals surface area contributed by atoms with Crippen LogP contribution < -0.4 is 5.73 Å². The Morgan fingerprint density at radius 2 is 2.00 bits per heavy atom. The second kappa shape index (κ2) is 4.77. The van der Waals surface area contributed by atoms with Gasteiger partial charge in [-0.1, -0.05) is 23.8 Å². The number of rotatable bonds is 4. The van der Waals surface area contributed by atoms with Gasteiger partial charge in [-0.2, -0.15) is 0 Å². The normalized spacial score (nSPS) is 15.0. The summed E-state index contributed by atoms with van der Waals surface area (Å²) in [5.74, 6) is 0. The van der Waals surface area contributed by atoms with Crippen LogP contribution in [-0.2, 0) is 10.3 Å². The molecule has 0 spiro atoms. The summed E-state index contributed by atoms with van der Waals surface area (Å²) in [7, 11) is 0. The molecule has 0 fully saturated rings. The van der Waals surface area contributed by atoms with Gasteiger partial charge in [-0.25, -0.2) is 0 Å². The minimum atomic E-state index is -0.395. The fourth-order valence-electron chi connectivity index (χ4n) is 1.85. The van der Waals surface area contributed by atoms with E-state index in [4.69, 9.17) is 10.5 Å². The first-order chi connectivity index (χ1) is 6.97. The van der Waals surface area contributed by atoms with Gasteiger partial charge in [-0.3, -0.25) is 0 Å². The lowest BCUT2D eigenvalue weighted by molar-refractivity contribution is 0.101. The fourth-order valence-corrected chi connectivity index (χ4v) is 1.85. The van der Waals surface area contributed by atoms with Gasteiger partial charge in [0.05, 0.1) is 12.1 Å². The average Bonchev–Trinajstić information content (AvgIpc) is 2.14. The average molecular weight is 207 g/mol. The van der Waals surface area contributed by atoms with Gasteiger partial charge in [0.2, 0.25) is 0 Å². The predicted molar refractivity (Wildman–Crippen MR) is 63.9 cm³/mol. The van der Waals surface area contributed by atoms with Crippen molar-refractivity contribution in [1.29, 1.82) is 0 Å². The van der Waals surface area contributed by atoms with E-state index in [1.807, 2.05) is 13.8 Å². The molecule has 0 radical (unpaired) electrons. The predicted octanol–water partition coefficient (Wildman–Crippen LogP) is 2.51. The van der Waals surface area contributed by atoms with Crippen molar-refractivity contribution in [3.8, 4) is 0 Å². The molecule has 1 rings (SSSR count). The molecular weight excluding hydrogens is 186 g/mol. The van der Waals surface area contributed by atoms with Crippen molar-refractivity contribution in [2.24, 2.45) is 5.73 Å². The highest BCUT2D eigenvalue weighted by Gasteiger charge is 2.22. The number of nitrogens with two attached hydrogens (primary N) is 1. The maximum atomic E-state index is 6.25. The molecular formula is C13H21NO. The molecule has 0 saturated heterocycles. The van der Waals surface area contributed by atoms with Crippen LogP contribution in [0.1, 0.15) is 30.5 Å². The number of hydrogen-bond donors (Lipinski definition) is 1. The number of benzene rings is 1.